The Hall–Kier alpha value is -2.04. The SMILES string of the molecule is CN1C[C@@H](Nc2ccc(Cl)nc2)CC2c3cccc4[nH]cc(c34)C[C@H]21. The number of aromatic nitrogens is 2. The van der Waals surface area contributed by atoms with Crippen molar-refractivity contribution in [1.82, 2.24) is 14.9 Å². The fraction of sp³-hybridized carbons (Fsp3) is 0.350. The van der Waals surface area contributed by atoms with Crippen molar-refractivity contribution in [1.29, 1.82) is 0 Å². The van der Waals surface area contributed by atoms with Gasteiger partial charge in [-0.05, 0) is 49.2 Å². The van der Waals surface area contributed by atoms with Crippen LogP contribution in [-0.2, 0) is 6.42 Å². The van der Waals surface area contributed by atoms with Gasteiger partial charge in [0.05, 0.1) is 11.9 Å². The molecule has 128 valence electrons. The summed E-state index contributed by atoms with van der Waals surface area (Å²) in [5.41, 5.74) is 5.27. The Morgan fingerprint density at radius 1 is 1.28 bits per heavy atom. The molecule has 2 aliphatic rings. The van der Waals surface area contributed by atoms with Crippen molar-refractivity contribution in [2.75, 3.05) is 18.9 Å². The quantitative estimate of drug-likeness (QED) is 0.684. The Labute approximate surface area is 152 Å². The van der Waals surface area contributed by atoms with E-state index in [-0.39, 0.29) is 0 Å². The third-order valence-electron chi connectivity index (χ3n) is 5.82. The molecule has 3 heterocycles. The van der Waals surface area contributed by atoms with Gasteiger partial charge in [-0.25, -0.2) is 4.98 Å². The Morgan fingerprint density at radius 2 is 2.20 bits per heavy atom. The van der Waals surface area contributed by atoms with Gasteiger partial charge in [-0.1, -0.05) is 23.7 Å². The summed E-state index contributed by atoms with van der Waals surface area (Å²) in [6, 6.07) is 11.5. The summed E-state index contributed by atoms with van der Waals surface area (Å²) < 4.78 is 0. The summed E-state index contributed by atoms with van der Waals surface area (Å²) in [5, 5.41) is 5.63. The van der Waals surface area contributed by atoms with Gasteiger partial charge in [-0.2, -0.15) is 0 Å². The lowest BCUT2D eigenvalue weighted by atomic mass is 9.74. The van der Waals surface area contributed by atoms with E-state index in [0.29, 0.717) is 23.2 Å². The number of nitrogens with one attached hydrogen (secondary N) is 2. The number of nitrogens with zero attached hydrogens (tertiary/aromatic N) is 2. The standard InChI is InChI=1S/C20H21ClN4/c1-25-11-14(24-13-5-6-19(21)23-10-13)8-16-15-3-2-4-17-20(15)12(9-22-17)7-18(16)25/h2-6,9-10,14,16,18,22,24H,7-8,11H2,1H3/t14-,16?,18+/m0/s1. The lowest BCUT2D eigenvalue weighted by molar-refractivity contribution is 0.147. The van der Waals surface area contributed by atoms with E-state index in [1.165, 1.54) is 22.0 Å². The van der Waals surface area contributed by atoms with Crippen LogP contribution in [0.4, 0.5) is 5.69 Å². The zero-order valence-corrected chi connectivity index (χ0v) is 14.9. The minimum atomic E-state index is 0.407. The van der Waals surface area contributed by atoms with Gasteiger partial charge >= 0.3 is 0 Å². The van der Waals surface area contributed by atoms with Crippen molar-refractivity contribution in [2.24, 2.45) is 0 Å². The van der Waals surface area contributed by atoms with Crippen molar-refractivity contribution in [3.05, 3.63) is 59.0 Å². The molecule has 1 aliphatic heterocycles. The number of likely N-dealkylation sites (N-methyl/N-ethyl adjacent to an activating group) is 1. The summed E-state index contributed by atoms with van der Waals surface area (Å²) in [5.74, 6) is 0.559. The molecule has 2 N–H and O–H groups in total. The maximum atomic E-state index is 5.90. The highest BCUT2D eigenvalue weighted by Gasteiger charge is 2.39. The second-order valence-electron chi connectivity index (χ2n) is 7.35. The molecule has 5 heteroatoms. The molecule has 0 saturated carbocycles. The highest BCUT2D eigenvalue weighted by molar-refractivity contribution is 6.29. The van der Waals surface area contributed by atoms with E-state index >= 15 is 0 Å². The molecule has 0 spiro atoms. The number of piperidine rings is 1. The second-order valence-corrected chi connectivity index (χ2v) is 7.74. The van der Waals surface area contributed by atoms with Crippen molar-refractivity contribution in [3.63, 3.8) is 0 Å². The maximum Gasteiger partial charge on any atom is 0.129 e. The molecule has 3 aromatic rings. The lowest BCUT2D eigenvalue weighted by Gasteiger charge is -2.45. The summed E-state index contributed by atoms with van der Waals surface area (Å²) in [7, 11) is 2.25. The van der Waals surface area contributed by atoms with Crippen LogP contribution in [0.1, 0.15) is 23.5 Å². The average Bonchev–Trinajstić information content (AvgIpc) is 3.03. The van der Waals surface area contributed by atoms with Gasteiger partial charge in [0.1, 0.15) is 5.15 Å². The van der Waals surface area contributed by atoms with Gasteiger partial charge in [-0.3, -0.25) is 0 Å². The third-order valence-corrected chi connectivity index (χ3v) is 6.05. The van der Waals surface area contributed by atoms with Gasteiger partial charge < -0.3 is 15.2 Å². The number of H-pyrrole nitrogens is 1. The Bertz CT molecular complexity index is 917. The van der Waals surface area contributed by atoms with Crippen LogP contribution in [0.3, 0.4) is 0 Å². The number of hydrogen-bond donors (Lipinski definition) is 2. The number of hydrogen-bond acceptors (Lipinski definition) is 3. The average molecular weight is 353 g/mol. The Morgan fingerprint density at radius 3 is 3.04 bits per heavy atom. The van der Waals surface area contributed by atoms with Crippen LogP contribution in [0.15, 0.2) is 42.7 Å². The van der Waals surface area contributed by atoms with Crippen LogP contribution < -0.4 is 5.32 Å². The molecular formula is C20H21ClN4. The third kappa shape index (κ3) is 2.52. The molecule has 2 aromatic heterocycles. The smallest absolute Gasteiger partial charge is 0.129 e. The van der Waals surface area contributed by atoms with E-state index < -0.39 is 0 Å². The predicted molar refractivity (Wildman–Crippen MR) is 102 cm³/mol. The van der Waals surface area contributed by atoms with Crippen molar-refractivity contribution >= 4 is 28.2 Å². The van der Waals surface area contributed by atoms with Gasteiger partial charge in [0.2, 0.25) is 0 Å². The lowest BCUT2D eigenvalue weighted by Crippen LogP contribution is -2.51. The number of fused-ring (bicyclic) bond motifs is 2. The molecule has 1 aliphatic carbocycles. The number of pyridine rings is 1. The summed E-state index contributed by atoms with van der Waals surface area (Å²) >= 11 is 5.90. The molecule has 3 atom stereocenters. The molecule has 5 rings (SSSR count). The first kappa shape index (κ1) is 15.2. The van der Waals surface area contributed by atoms with Gasteiger partial charge in [-0.15, -0.1) is 0 Å². The maximum absolute atomic E-state index is 5.90. The minimum Gasteiger partial charge on any atom is -0.380 e. The highest BCUT2D eigenvalue weighted by Crippen LogP contribution is 2.43. The van der Waals surface area contributed by atoms with Gasteiger partial charge in [0, 0.05) is 41.6 Å². The molecule has 4 nitrogen and oxygen atoms in total. The first-order chi connectivity index (χ1) is 12.2. The van der Waals surface area contributed by atoms with E-state index in [1.807, 2.05) is 18.3 Å². The number of likely N-dealkylation sites (tertiary alicyclic amines) is 1. The summed E-state index contributed by atoms with van der Waals surface area (Å²) in [6.07, 6.45) is 6.29. The number of anilines is 1. The van der Waals surface area contributed by atoms with Gasteiger partial charge in [0.15, 0.2) is 0 Å². The van der Waals surface area contributed by atoms with E-state index in [1.54, 1.807) is 0 Å². The molecule has 0 bridgehead atoms. The fourth-order valence-corrected chi connectivity index (χ4v) is 4.86. The molecule has 1 saturated heterocycles. The number of halogens is 1. The number of benzene rings is 1. The zero-order chi connectivity index (χ0) is 17.0. The van der Waals surface area contributed by atoms with Crippen LogP contribution in [0.5, 0.6) is 0 Å². The first-order valence-corrected chi connectivity index (χ1v) is 9.24. The molecule has 25 heavy (non-hydrogen) atoms. The molecular weight excluding hydrogens is 332 g/mol. The monoisotopic (exact) mass is 352 g/mol. The van der Waals surface area contributed by atoms with E-state index in [2.05, 4.69) is 51.6 Å². The van der Waals surface area contributed by atoms with Gasteiger partial charge in [0.25, 0.3) is 0 Å². The van der Waals surface area contributed by atoms with E-state index in [0.717, 1.165) is 25.1 Å². The van der Waals surface area contributed by atoms with E-state index in [9.17, 15) is 0 Å². The minimum absolute atomic E-state index is 0.407. The van der Waals surface area contributed by atoms with Crippen LogP contribution >= 0.6 is 11.6 Å². The predicted octanol–water partition coefficient (Wildman–Crippen LogP) is 4.04. The van der Waals surface area contributed by atoms with Crippen LogP contribution in [0.2, 0.25) is 5.15 Å². The molecule has 1 unspecified atom stereocenters. The van der Waals surface area contributed by atoms with Crippen molar-refractivity contribution < 1.29 is 0 Å². The van der Waals surface area contributed by atoms with Crippen molar-refractivity contribution in [2.45, 2.75) is 30.8 Å². The summed E-state index contributed by atoms with van der Waals surface area (Å²) in [6.45, 7) is 1.04. The molecule has 1 aromatic carbocycles. The summed E-state index contributed by atoms with van der Waals surface area (Å²) in [4.78, 5) is 10.1. The zero-order valence-electron chi connectivity index (χ0n) is 14.2. The number of rotatable bonds is 2. The molecule has 1 fully saturated rings. The molecule has 0 radical (unpaired) electrons. The van der Waals surface area contributed by atoms with Crippen LogP contribution in [0, 0.1) is 0 Å². The number of aromatic amines is 1. The molecule has 0 amide bonds. The largest absolute Gasteiger partial charge is 0.380 e. The Kier molecular flexibility index (Phi) is 3.50. The van der Waals surface area contributed by atoms with Crippen LogP contribution in [-0.4, -0.2) is 40.5 Å². The highest BCUT2D eigenvalue weighted by atomic mass is 35.5. The normalized spacial score (nSPS) is 25.8. The van der Waals surface area contributed by atoms with Crippen LogP contribution in [0.25, 0.3) is 10.9 Å². The van der Waals surface area contributed by atoms with E-state index in [4.69, 9.17) is 11.6 Å². The fourth-order valence-electron chi connectivity index (χ4n) is 4.74. The topological polar surface area (TPSA) is 44.0 Å². The first-order valence-electron chi connectivity index (χ1n) is 8.86. The Balaban J connectivity index is 1.47. The van der Waals surface area contributed by atoms with Crippen molar-refractivity contribution in [3.8, 4) is 0 Å². The second kappa shape index (κ2) is 5.75.